The zero-order valence-corrected chi connectivity index (χ0v) is 20.1. The van der Waals surface area contributed by atoms with Crippen LogP contribution in [0.2, 0.25) is 0 Å². The Morgan fingerprint density at radius 3 is 2.28 bits per heavy atom. The summed E-state index contributed by atoms with van der Waals surface area (Å²) in [5.41, 5.74) is 1.47. The highest BCUT2D eigenvalue weighted by Gasteiger charge is 2.29. The predicted molar refractivity (Wildman–Crippen MR) is 129 cm³/mol. The number of methoxy groups -OCH3 is 2. The summed E-state index contributed by atoms with van der Waals surface area (Å²) in [6.45, 7) is 8.88. The van der Waals surface area contributed by atoms with Crippen LogP contribution in [0.5, 0.6) is 17.2 Å². The van der Waals surface area contributed by atoms with Crippen molar-refractivity contribution < 1.29 is 23.7 Å². The van der Waals surface area contributed by atoms with Crippen LogP contribution in [0.3, 0.4) is 0 Å². The van der Waals surface area contributed by atoms with Gasteiger partial charge in [0.25, 0.3) is 0 Å². The minimum atomic E-state index is -0.523. The van der Waals surface area contributed by atoms with E-state index in [1.165, 1.54) is 0 Å². The van der Waals surface area contributed by atoms with Crippen LogP contribution < -0.4 is 14.2 Å². The molecular weight excluding hydrogens is 404 g/mol. The molecule has 32 heavy (non-hydrogen) atoms. The highest BCUT2D eigenvalue weighted by molar-refractivity contribution is 5.76. The number of hydrogen-bond acceptors (Lipinski definition) is 5. The van der Waals surface area contributed by atoms with Crippen LogP contribution in [-0.2, 0) is 9.53 Å². The van der Waals surface area contributed by atoms with Crippen LogP contribution in [0.4, 0.5) is 0 Å². The summed E-state index contributed by atoms with van der Waals surface area (Å²) in [5.74, 6) is 2.55. The first-order valence-corrected chi connectivity index (χ1v) is 11.1. The van der Waals surface area contributed by atoms with Gasteiger partial charge in [-0.1, -0.05) is 38.1 Å². The van der Waals surface area contributed by atoms with E-state index in [1.807, 2.05) is 82.3 Å². The minimum absolute atomic E-state index is 0.151. The maximum atomic E-state index is 12.3. The average molecular weight is 441 g/mol. The Morgan fingerprint density at radius 1 is 0.969 bits per heavy atom. The van der Waals surface area contributed by atoms with Crippen molar-refractivity contribution in [1.29, 1.82) is 0 Å². The fourth-order valence-corrected chi connectivity index (χ4v) is 3.08. The summed E-state index contributed by atoms with van der Waals surface area (Å²) in [5, 5.41) is 0. The Morgan fingerprint density at radius 2 is 1.66 bits per heavy atom. The van der Waals surface area contributed by atoms with E-state index in [9.17, 15) is 4.79 Å². The summed E-state index contributed by atoms with van der Waals surface area (Å²) in [6, 6.07) is 13.6. The van der Waals surface area contributed by atoms with Gasteiger partial charge in [0.05, 0.1) is 32.8 Å². The van der Waals surface area contributed by atoms with Crippen molar-refractivity contribution in [2.75, 3.05) is 27.4 Å². The van der Waals surface area contributed by atoms with Crippen molar-refractivity contribution in [1.82, 2.24) is 0 Å². The maximum absolute atomic E-state index is 12.3. The zero-order valence-electron chi connectivity index (χ0n) is 20.1. The molecule has 0 aliphatic heterocycles. The Balaban J connectivity index is 1.93. The summed E-state index contributed by atoms with van der Waals surface area (Å²) in [7, 11) is 3.31. The van der Waals surface area contributed by atoms with Crippen LogP contribution in [-0.4, -0.2) is 33.4 Å². The van der Waals surface area contributed by atoms with Crippen molar-refractivity contribution in [3.63, 3.8) is 0 Å². The summed E-state index contributed by atoms with van der Waals surface area (Å²) < 4.78 is 22.0. The third kappa shape index (κ3) is 7.95. The molecule has 2 aromatic carbocycles. The largest absolute Gasteiger partial charge is 0.497 e. The number of esters is 1. The number of benzene rings is 2. The van der Waals surface area contributed by atoms with Gasteiger partial charge in [0, 0.05) is 5.56 Å². The molecule has 174 valence electrons. The number of ether oxygens (including phenoxy) is 4. The lowest BCUT2D eigenvalue weighted by atomic mass is 9.88. The van der Waals surface area contributed by atoms with E-state index in [2.05, 4.69) is 0 Å². The third-order valence-electron chi connectivity index (χ3n) is 5.09. The summed E-state index contributed by atoms with van der Waals surface area (Å²) in [4.78, 5) is 12.3. The van der Waals surface area contributed by atoms with Crippen LogP contribution in [0.1, 0.15) is 51.7 Å². The van der Waals surface area contributed by atoms with E-state index < -0.39 is 5.41 Å². The molecule has 0 amide bonds. The van der Waals surface area contributed by atoms with Gasteiger partial charge >= 0.3 is 5.97 Å². The summed E-state index contributed by atoms with van der Waals surface area (Å²) in [6.07, 6.45) is 5.48. The molecule has 0 saturated heterocycles. The molecule has 0 aromatic heterocycles. The van der Waals surface area contributed by atoms with Crippen molar-refractivity contribution in [2.45, 2.75) is 40.5 Å². The normalized spacial score (nSPS) is 11.6. The average Bonchev–Trinajstić information content (AvgIpc) is 2.79. The smallest absolute Gasteiger partial charge is 0.311 e. The quantitative estimate of drug-likeness (QED) is 0.222. The van der Waals surface area contributed by atoms with Gasteiger partial charge in [0.15, 0.2) is 0 Å². The standard InChI is InChI=1S/C27H36O5/c1-20(2)19-32-26(28)27(3,4)16-7-17-31-24-14-15-25(30-6)22(18-24)11-8-21-9-12-23(29-5)13-10-21/h8-15,18,20H,7,16-17,19H2,1-6H3/b11-8+. The number of hydrogen-bond donors (Lipinski definition) is 0. The minimum Gasteiger partial charge on any atom is -0.497 e. The van der Waals surface area contributed by atoms with Gasteiger partial charge in [-0.25, -0.2) is 0 Å². The topological polar surface area (TPSA) is 54.0 Å². The molecule has 0 heterocycles. The van der Waals surface area contributed by atoms with E-state index in [4.69, 9.17) is 18.9 Å². The lowest BCUT2D eigenvalue weighted by Crippen LogP contribution is -2.28. The highest BCUT2D eigenvalue weighted by atomic mass is 16.5. The Hall–Kier alpha value is -2.95. The number of rotatable bonds is 12. The Kier molecular flexibility index (Phi) is 9.63. The molecule has 0 aliphatic carbocycles. The molecule has 5 nitrogen and oxygen atoms in total. The molecule has 0 N–H and O–H groups in total. The van der Waals surface area contributed by atoms with Gasteiger partial charge in [-0.2, -0.15) is 0 Å². The van der Waals surface area contributed by atoms with Gasteiger partial charge in [0.2, 0.25) is 0 Å². The van der Waals surface area contributed by atoms with Gasteiger partial charge in [0.1, 0.15) is 17.2 Å². The molecule has 0 spiro atoms. The molecule has 0 unspecified atom stereocenters. The van der Waals surface area contributed by atoms with E-state index in [0.717, 1.165) is 34.8 Å². The predicted octanol–water partition coefficient (Wildman–Crippen LogP) is 6.26. The maximum Gasteiger partial charge on any atom is 0.311 e. The first kappa shape index (κ1) is 25.3. The van der Waals surface area contributed by atoms with Gasteiger partial charge < -0.3 is 18.9 Å². The molecule has 0 bridgehead atoms. The second kappa shape index (κ2) is 12.2. The molecule has 0 saturated carbocycles. The third-order valence-corrected chi connectivity index (χ3v) is 5.09. The first-order chi connectivity index (χ1) is 15.2. The SMILES string of the molecule is COc1ccc(/C=C/c2cc(OCCCC(C)(C)C(=O)OCC(C)C)ccc2OC)cc1. The molecule has 5 heteroatoms. The van der Waals surface area contributed by atoms with Crippen LogP contribution in [0.15, 0.2) is 42.5 Å². The molecule has 2 aromatic rings. The van der Waals surface area contributed by atoms with Gasteiger partial charge in [-0.3, -0.25) is 4.79 Å². The molecule has 2 rings (SSSR count). The molecule has 0 fully saturated rings. The first-order valence-electron chi connectivity index (χ1n) is 11.1. The van der Waals surface area contributed by atoms with E-state index >= 15 is 0 Å². The molecule has 0 atom stereocenters. The fourth-order valence-electron chi connectivity index (χ4n) is 3.08. The highest BCUT2D eigenvalue weighted by Crippen LogP contribution is 2.28. The van der Waals surface area contributed by atoms with Gasteiger partial charge in [-0.05, 0) is 68.5 Å². The van der Waals surface area contributed by atoms with Crippen molar-refractivity contribution >= 4 is 18.1 Å². The molecule has 0 radical (unpaired) electrons. The second-order valence-electron chi connectivity index (χ2n) is 8.84. The molecule has 0 aliphatic rings. The van der Waals surface area contributed by atoms with E-state index in [-0.39, 0.29) is 5.97 Å². The van der Waals surface area contributed by atoms with Crippen LogP contribution in [0, 0.1) is 11.3 Å². The second-order valence-corrected chi connectivity index (χ2v) is 8.84. The van der Waals surface area contributed by atoms with Crippen molar-refractivity contribution in [3.05, 3.63) is 53.6 Å². The Bertz CT molecular complexity index is 881. The van der Waals surface area contributed by atoms with Crippen molar-refractivity contribution in [3.8, 4) is 17.2 Å². The molecular formula is C27H36O5. The summed E-state index contributed by atoms with van der Waals surface area (Å²) >= 11 is 0. The van der Waals surface area contributed by atoms with E-state index in [0.29, 0.717) is 25.6 Å². The van der Waals surface area contributed by atoms with Crippen molar-refractivity contribution in [2.24, 2.45) is 11.3 Å². The lowest BCUT2D eigenvalue weighted by Gasteiger charge is -2.23. The fraction of sp³-hybridized carbons (Fsp3) is 0.444. The zero-order chi connectivity index (χ0) is 23.6. The Labute approximate surface area is 192 Å². The number of carbonyl (C=O) groups excluding carboxylic acids is 1. The monoisotopic (exact) mass is 440 g/mol. The van der Waals surface area contributed by atoms with Crippen LogP contribution in [0.25, 0.3) is 12.2 Å². The van der Waals surface area contributed by atoms with Crippen LogP contribution >= 0.6 is 0 Å². The van der Waals surface area contributed by atoms with E-state index in [1.54, 1.807) is 14.2 Å². The number of carbonyl (C=O) groups is 1. The lowest BCUT2D eigenvalue weighted by molar-refractivity contribution is -0.155. The van der Waals surface area contributed by atoms with Gasteiger partial charge in [-0.15, -0.1) is 0 Å².